The molecule has 0 aliphatic rings. The summed E-state index contributed by atoms with van der Waals surface area (Å²) in [6.07, 6.45) is 0.378. The van der Waals surface area contributed by atoms with Gasteiger partial charge in [0, 0.05) is 0 Å². The summed E-state index contributed by atoms with van der Waals surface area (Å²) in [4.78, 5) is 22.6. The topological polar surface area (TPSA) is 79.5 Å². The molecule has 1 aromatic rings. The zero-order valence-corrected chi connectivity index (χ0v) is 11.2. The summed E-state index contributed by atoms with van der Waals surface area (Å²) >= 11 is 3.07. The van der Waals surface area contributed by atoms with E-state index >= 15 is 0 Å². The maximum Gasteiger partial charge on any atom is 0.326 e. The maximum atomic E-state index is 11.7. The smallest absolute Gasteiger partial charge is 0.326 e. The molecular weight excluding hydrogens is 290 g/mol. The van der Waals surface area contributed by atoms with Crippen molar-refractivity contribution in [3.63, 3.8) is 0 Å². The van der Waals surface area contributed by atoms with Gasteiger partial charge >= 0.3 is 5.97 Å². The zero-order chi connectivity index (χ0) is 13.0. The van der Waals surface area contributed by atoms with Gasteiger partial charge in [0.2, 0.25) is 0 Å². The average Bonchev–Trinajstić information content (AvgIpc) is 2.63. The van der Waals surface area contributed by atoms with Crippen LogP contribution in [0.5, 0.6) is 0 Å². The van der Waals surface area contributed by atoms with Crippen molar-refractivity contribution in [3.05, 3.63) is 22.6 Å². The second-order valence-electron chi connectivity index (χ2n) is 4.10. The van der Waals surface area contributed by atoms with Crippen molar-refractivity contribution in [2.24, 2.45) is 5.92 Å². The van der Waals surface area contributed by atoms with Gasteiger partial charge in [0.25, 0.3) is 5.91 Å². The average molecular weight is 304 g/mol. The summed E-state index contributed by atoms with van der Waals surface area (Å²) in [5, 5.41) is 11.4. The van der Waals surface area contributed by atoms with E-state index in [0.717, 1.165) is 0 Å². The van der Waals surface area contributed by atoms with Crippen molar-refractivity contribution < 1.29 is 19.1 Å². The van der Waals surface area contributed by atoms with E-state index in [1.807, 2.05) is 13.8 Å². The van der Waals surface area contributed by atoms with Gasteiger partial charge < -0.3 is 14.8 Å². The molecule has 6 heteroatoms. The molecule has 1 rings (SSSR count). The first-order valence-corrected chi connectivity index (χ1v) is 5.98. The molecule has 0 fully saturated rings. The van der Waals surface area contributed by atoms with Crippen LogP contribution in [0.2, 0.25) is 0 Å². The Morgan fingerprint density at radius 2 is 2.12 bits per heavy atom. The summed E-state index contributed by atoms with van der Waals surface area (Å²) in [5.41, 5.74) is 0. The van der Waals surface area contributed by atoms with Crippen molar-refractivity contribution in [1.29, 1.82) is 0 Å². The third-order valence-corrected chi connectivity index (χ3v) is 2.53. The van der Waals surface area contributed by atoms with Crippen molar-refractivity contribution in [3.8, 4) is 0 Å². The molecule has 1 amide bonds. The number of carbonyl (C=O) groups is 2. The van der Waals surface area contributed by atoms with E-state index in [9.17, 15) is 9.59 Å². The number of halogens is 1. The van der Waals surface area contributed by atoms with Gasteiger partial charge in [-0.1, -0.05) is 13.8 Å². The Balaban J connectivity index is 2.67. The van der Waals surface area contributed by atoms with Gasteiger partial charge in [-0.3, -0.25) is 4.79 Å². The number of carboxylic acids is 1. The van der Waals surface area contributed by atoms with Crippen LogP contribution in [-0.2, 0) is 4.79 Å². The Morgan fingerprint density at radius 3 is 2.53 bits per heavy atom. The second kappa shape index (κ2) is 5.86. The number of nitrogens with one attached hydrogen (secondary N) is 1. The molecule has 5 nitrogen and oxygen atoms in total. The molecule has 0 radical (unpaired) electrons. The molecule has 0 spiro atoms. The second-order valence-corrected chi connectivity index (χ2v) is 4.88. The Morgan fingerprint density at radius 1 is 1.47 bits per heavy atom. The first kappa shape index (κ1) is 13.8. The van der Waals surface area contributed by atoms with Crippen molar-refractivity contribution in [2.45, 2.75) is 26.3 Å². The fraction of sp³-hybridized carbons (Fsp3) is 0.455. The number of carbonyl (C=O) groups excluding carboxylic acids is 1. The lowest BCUT2D eigenvalue weighted by atomic mass is 10.0. The molecule has 1 unspecified atom stereocenters. The summed E-state index contributed by atoms with van der Waals surface area (Å²) in [6, 6.07) is 2.16. The number of rotatable bonds is 5. The van der Waals surface area contributed by atoms with E-state index in [2.05, 4.69) is 21.2 Å². The number of hydrogen-bond donors (Lipinski definition) is 2. The minimum atomic E-state index is -1.04. The minimum Gasteiger partial charge on any atom is -0.480 e. The summed E-state index contributed by atoms with van der Waals surface area (Å²) in [5.74, 6) is -1.30. The van der Waals surface area contributed by atoms with Crippen LogP contribution in [0.1, 0.15) is 30.8 Å². The number of hydrogen-bond acceptors (Lipinski definition) is 3. The van der Waals surface area contributed by atoms with Gasteiger partial charge in [-0.15, -0.1) is 0 Å². The van der Waals surface area contributed by atoms with E-state index in [1.54, 1.807) is 6.07 Å². The molecule has 0 aromatic carbocycles. The van der Waals surface area contributed by atoms with Gasteiger partial charge in [0.1, 0.15) is 6.04 Å². The highest BCUT2D eigenvalue weighted by atomic mass is 79.9. The largest absolute Gasteiger partial charge is 0.480 e. The normalized spacial score (nSPS) is 12.5. The van der Waals surface area contributed by atoms with Crippen LogP contribution in [0.4, 0.5) is 0 Å². The first-order chi connectivity index (χ1) is 7.90. The summed E-state index contributed by atoms with van der Waals surface area (Å²) < 4.78 is 5.47. The number of aliphatic carboxylic acids is 1. The van der Waals surface area contributed by atoms with Gasteiger partial charge in [-0.2, -0.15) is 0 Å². The third-order valence-electron chi connectivity index (χ3n) is 2.11. The monoisotopic (exact) mass is 303 g/mol. The van der Waals surface area contributed by atoms with E-state index in [1.165, 1.54) is 6.07 Å². The highest BCUT2D eigenvalue weighted by Gasteiger charge is 2.22. The fourth-order valence-electron chi connectivity index (χ4n) is 1.36. The lowest BCUT2D eigenvalue weighted by Crippen LogP contribution is -2.41. The van der Waals surface area contributed by atoms with Gasteiger partial charge in [0.15, 0.2) is 10.4 Å². The molecule has 1 atom stereocenters. The van der Waals surface area contributed by atoms with Crippen LogP contribution >= 0.6 is 15.9 Å². The van der Waals surface area contributed by atoms with Gasteiger partial charge in [0.05, 0.1) is 0 Å². The third kappa shape index (κ3) is 4.22. The fourth-order valence-corrected chi connectivity index (χ4v) is 1.67. The molecule has 0 aliphatic carbocycles. The van der Waals surface area contributed by atoms with E-state index in [0.29, 0.717) is 11.1 Å². The Labute approximate surface area is 107 Å². The predicted molar refractivity (Wildman–Crippen MR) is 64.8 cm³/mol. The van der Waals surface area contributed by atoms with Crippen LogP contribution in [0, 0.1) is 5.92 Å². The number of carboxylic acid groups (broad SMARTS) is 1. The van der Waals surface area contributed by atoms with Crippen LogP contribution in [0.25, 0.3) is 0 Å². The lowest BCUT2D eigenvalue weighted by Gasteiger charge is -2.15. The molecule has 1 aromatic heterocycles. The number of furan rings is 1. The quantitative estimate of drug-likeness (QED) is 0.874. The van der Waals surface area contributed by atoms with E-state index in [-0.39, 0.29) is 11.7 Å². The molecule has 0 aliphatic heterocycles. The summed E-state index contributed by atoms with van der Waals surface area (Å²) in [6.45, 7) is 3.79. The zero-order valence-electron chi connectivity index (χ0n) is 9.57. The molecule has 1 heterocycles. The predicted octanol–water partition coefficient (Wildman–Crippen LogP) is 2.27. The van der Waals surface area contributed by atoms with E-state index in [4.69, 9.17) is 9.52 Å². The molecular formula is C11H14BrNO4. The lowest BCUT2D eigenvalue weighted by molar-refractivity contribution is -0.139. The molecule has 0 saturated heterocycles. The van der Waals surface area contributed by atoms with Gasteiger partial charge in [-0.25, -0.2) is 4.79 Å². The molecule has 0 saturated carbocycles. The first-order valence-electron chi connectivity index (χ1n) is 5.19. The maximum absolute atomic E-state index is 11.7. The SMILES string of the molecule is CC(C)CC(NC(=O)c1ccc(Br)o1)C(=O)O. The highest BCUT2D eigenvalue weighted by Crippen LogP contribution is 2.14. The Bertz CT molecular complexity index is 413. The van der Waals surface area contributed by atoms with E-state index < -0.39 is 17.9 Å². The van der Waals surface area contributed by atoms with Crippen LogP contribution < -0.4 is 5.32 Å². The highest BCUT2D eigenvalue weighted by molar-refractivity contribution is 9.10. The summed E-state index contributed by atoms with van der Waals surface area (Å²) in [7, 11) is 0. The van der Waals surface area contributed by atoms with Gasteiger partial charge in [-0.05, 0) is 40.4 Å². The van der Waals surface area contributed by atoms with Crippen LogP contribution in [0.3, 0.4) is 0 Å². The molecule has 17 heavy (non-hydrogen) atoms. The Hall–Kier alpha value is -1.30. The molecule has 0 bridgehead atoms. The van der Waals surface area contributed by atoms with Crippen LogP contribution in [-0.4, -0.2) is 23.0 Å². The van der Waals surface area contributed by atoms with Crippen LogP contribution in [0.15, 0.2) is 21.2 Å². The standard InChI is InChI=1S/C11H14BrNO4/c1-6(2)5-7(11(15)16)13-10(14)8-3-4-9(12)17-8/h3-4,6-7H,5H2,1-2H3,(H,13,14)(H,15,16). The molecule has 94 valence electrons. The molecule has 2 N–H and O–H groups in total. The van der Waals surface area contributed by atoms with Crippen molar-refractivity contribution >= 4 is 27.8 Å². The van der Waals surface area contributed by atoms with Crippen molar-refractivity contribution in [1.82, 2.24) is 5.32 Å². The minimum absolute atomic E-state index is 0.0897. The Kier molecular flexibility index (Phi) is 4.74. The number of amides is 1. The van der Waals surface area contributed by atoms with Crippen molar-refractivity contribution in [2.75, 3.05) is 0 Å².